The Morgan fingerprint density at radius 1 is 1.78 bits per heavy atom. The van der Waals surface area contributed by atoms with Gasteiger partial charge in [0.25, 0.3) is 0 Å². The van der Waals surface area contributed by atoms with E-state index in [0.717, 1.165) is 0 Å². The summed E-state index contributed by atoms with van der Waals surface area (Å²) in [5, 5.41) is 21.5. The molecule has 1 fully saturated rings. The zero-order chi connectivity index (χ0) is 6.85. The number of carbonyl (C=O) groups is 1. The fraction of sp³-hybridized carbons (Fsp3) is 0.800. The average Bonchev–Trinajstić information content (AvgIpc) is 2.14. The SMILES string of the molecule is O=C([O-])[C@@H]1C[C@H](O)CN1. The lowest BCUT2D eigenvalue weighted by atomic mass is 10.2. The van der Waals surface area contributed by atoms with E-state index in [1.165, 1.54) is 0 Å². The van der Waals surface area contributed by atoms with E-state index in [9.17, 15) is 9.90 Å². The summed E-state index contributed by atoms with van der Waals surface area (Å²) in [5.74, 6) is -1.13. The number of carboxylic acids is 1. The van der Waals surface area contributed by atoms with E-state index in [0.29, 0.717) is 6.54 Å². The highest BCUT2D eigenvalue weighted by Crippen LogP contribution is 2.04. The Bertz CT molecular complexity index is 125. The van der Waals surface area contributed by atoms with Gasteiger partial charge in [-0.3, -0.25) is 0 Å². The summed E-state index contributed by atoms with van der Waals surface area (Å²) in [4.78, 5) is 10.1. The molecule has 2 atom stereocenters. The molecule has 0 aromatic heterocycles. The highest BCUT2D eigenvalue weighted by Gasteiger charge is 2.22. The van der Waals surface area contributed by atoms with Crippen molar-refractivity contribution in [3.8, 4) is 0 Å². The second kappa shape index (κ2) is 2.33. The van der Waals surface area contributed by atoms with E-state index in [-0.39, 0.29) is 6.42 Å². The second-order valence-corrected chi connectivity index (χ2v) is 2.17. The number of nitrogens with one attached hydrogen (secondary N) is 1. The molecular weight excluding hydrogens is 122 g/mol. The third-order valence-corrected chi connectivity index (χ3v) is 1.39. The summed E-state index contributed by atoms with van der Waals surface area (Å²) in [6.07, 6.45) is -0.254. The number of rotatable bonds is 1. The molecule has 2 N–H and O–H groups in total. The molecule has 0 amide bonds. The molecule has 4 nitrogen and oxygen atoms in total. The lowest BCUT2D eigenvalue weighted by Crippen LogP contribution is -2.41. The highest BCUT2D eigenvalue weighted by molar-refractivity contribution is 5.71. The monoisotopic (exact) mass is 130 g/mol. The molecule has 1 heterocycles. The van der Waals surface area contributed by atoms with Crippen LogP contribution < -0.4 is 10.4 Å². The molecule has 9 heavy (non-hydrogen) atoms. The first-order valence-corrected chi connectivity index (χ1v) is 2.82. The van der Waals surface area contributed by atoms with E-state index in [1.807, 2.05) is 0 Å². The molecule has 1 rings (SSSR count). The van der Waals surface area contributed by atoms with Gasteiger partial charge in [-0.2, -0.15) is 0 Å². The molecule has 1 aliphatic heterocycles. The van der Waals surface area contributed by atoms with Gasteiger partial charge < -0.3 is 20.3 Å². The summed E-state index contributed by atoms with van der Waals surface area (Å²) in [5.41, 5.74) is 0. The van der Waals surface area contributed by atoms with Crippen LogP contribution in [0.1, 0.15) is 6.42 Å². The van der Waals surface area contributed by atoms with Crippen LogP contribution in [0.4, 0.5) is 0 Å². The number of hydrogen-bond donors (Lipinski definition) is 2. The number of hydrogen-bond acceptors (Lipinski definition) is 4. The zero-order valence-electron chi connectivity index (χ0n) is 4.83. The predicted molar refractivity (Wildman–Crippen MR) is 27.4 cm³/mol. The maximum Gasteiger partial charge on any atom is 0.0683 e. The Hall–Kier alpha value is -0.610. The summed E-state index contributed by atoms with van der Waals surface area (Å²) >= 11 is 0. The molecule has 0 saturated carbocycles. The van der Waals surface area contributed by atoms with Crippen LogP contribution in [0.3, 0.4) is 0 Å². The molecule has 0 unspecified atom stereocenters. The van der Waals surface area contributed by atoms with Gasteiger partial charge in [-0.1, -0.05) is 0 Å². The van der Waals surface area contributed by atoms with Crippen LogP contribution in [-0.2, 0) is 4.79 Å². The maximum atomic E-state index is 10.1. The van der Waals surface area contributed by atoms with Crippen molar-refractivity contribution < 1.29 is 15.0 Å². The first kappa shape index (κ1) is 6.51. The van der Waals surface area contributed by atoms with Gasteiger partial charge in [0.15, 0.2) is 0 Å². The number of carboxylic acid groups (broad SMARTS) is 1. The molecular formula is C5H8NO3-. The molecule has 0 spiro atoms. The van der Waals surface area contributed by atoms with Crippen molar-refractivity contribution in [1.29, 1.82) is 0 Å². The van der Waals surface area contributed by atoms with E-state index >= 15 is 0 Å². The summed E-state index contributed by atoms with van der Waals surface area (Å²) < 4.78 is 0. The van der Waals surface area contributed by atoms with Gasteiger partial charge in [-0.05, 0) is 6.42 Å². The summed E-state index contributed by atoms with van der Waals surface area (Å²) in [6.45, 7) is 0.360. The molecule has 0 aromatic rings. The van der Waals surface area contributed by atoms with Crippen LogP contribution in [0, 0.1) is 0 Å². The smallest absolute Gasteiger partial charge is 0.0683 e. The van der Waals surface area contributed by atoms with Crippen molar-refractivity contribution in [2.45, 2.75) is 18.6 Å². The molecule has 0 bridgehead atoms. The second-order valence-electron chi connectivity index (χ2n) is 2.17. The molecule has 1 aliphatic rings. The quantitative estimate of drug-likeness (QED) is 0.410. The number of aliphatic hydroxyl groups is 1. The van der Waals surface area contributed by atoms with Crippen molar-refractivity contribution in [2.24, 2.45) is 0 Å². The fourth-order valence-electron chi connectivity index (χ4n) is 0.897. The Morgan fingerprint density at radius 2 is 2.44 bits per heavy atom. The number of aliphatic hydroxyl groups excluding tert-OH is 1. The standard InChI is InChI=1S/C5H9NO3/c7-3-1-4(5(8)9)6-2-3/h3-4,6-7H,1-2H2,(H,8,9)/p-1/t3-,4-/m0/s1. The third kappa shape index (κ3) is 1.40. The number of aliphatic carboxylic acids is 1. The average molecular weight is 130 g/mol. The molecule has 52 valence electrons. The van der Waals surface area contributed by atoms with Crippen LogP contribution in [0.2, 0.25) is 0 Å². The van der Waals surface area contributed by atoms with E-state index < -0.39 is 18.1 Å². The van der Waals surface area contributed by atoms with Gasteiger partial charge in [0.05, 0.1) is 12.1 Å². The van der Waals surface area contributed by atoms with Crippen molar-refractivity contribution in [3.05, 3.63) is 0 Å². The first-order valence-electron chi connectivity index (χ1n) is 2.82. The van der Waals surface area contributed by atoms with Crippen LogP contribution in [0.25, 0.3) is 0 Å². The summed E-state index contributed by atoms with van der Waals surface area (Å²) in [7, 11) is 0. The fourth-order valence-corrected chi connectivity index (χ4v) is 0.897. The minimum absolute atomic E-state index is 0.266. The minimum atomic E-state index is -1.13. The van der Waals surface area contributed by atoms with Gasteiger partial charge in [-0.15, -0.1) is 0 Å². The van der Waals surface area contributed by atoms with Crippen LogP contribution in [0.5, 0.6) is 0 Å². The Labute approximate surface area is 52.5 Å². The topological polar surface area (TPSA) is 72.4 Å². The number of carbonyl (C=O) groups excluding carboxylic acids is 1. The van der Waals surface area contributed by atoms with Crippen molar-refractivity contribution in [1.82, 2.24) is 5.32 Å². The van der Waals surface area contributed by atoms with Crippen molar-refractivity contribution in [2.75, 3.05) is 6.54 Å². The lowest BCUT2D eigenvalue weighted by Gasteiger charge is -2.08. The molecule has 0 radical (unpaired) electrons. The molecule has 0 aliphatic carbocycles. The highest BCUT2D eigenvalue weighted by atomic mass is 16.4. The molecule has 4 heteroatoms. The molecule has 0 aromatic carbocycles. The van der Waals surface area contributed by atoms with Gasteiger partial charge in [-0.25, -0.2) is 0 Å². The lowest BCUT2D eigenvalue weighted by molar-refractivity contribution is -0.308. The number of β-amino-alcohol motifs (C(OH)–C–C–N with tert-alkyl or cyclic N) is 1. The zero-order valence-corrected chi connectivity index (χ0v) is 4.83. The first-order chi connectivity index (χ1) is 4.20. The van der Waals surface area contributed by atoms with E-state index in [4.69, 9.17) is 5.11 Å². The van der Waals surface area contributed by atoms with Crippen LogP contribution >= 0.6 is 0 Å². The Balaban J connectivity index is 2.39. The van der Waals surface area contributed by atoms with Gasteiger partial charge >= 0.3 is 0 Å². The van der Waals surface area contributed by atoms with Crippen LogP contribution in [-0.4, -0.2) is 29.8 Å². The maximum absolute atomic E-state index is 10.1. The Kier molecular flexibility index (Phi) is 1.68. The van der Waals surface area contributed by atoms with Crippen molar-refractivity contribution >= 4 is 5.97 Å². The van der Waals surface area contributed by atoms with E-state index in [1.54, 1.807) is 0 Å². The van der Waals surface area contributed by atoms with Gasteiger partial charge in [0.1, 0.15) is 0 Å². The molecule has 1 saturated heterocycles. The normalized spacial score (nSPS) is 34.8. The predicted octanol–water partition coefficient (Wildman–Crippen LogP) is -2.54. The minimum Gasteiger partial charge on any atom is -0.548 e. The van der Waals surface area contributed by atoms with Gasteiger partial charge in [0.2, 0.25) is 0 Å². The largest absolute Gasteiger partial charge is 0.548 e. The van der Waals surface area contributed by atoms with Gasteiger partial charge in [0, 0.05) is 12.6 Å². The van der Waals surface area contributed by atoms with Crippen molar-refractivity contribution in [3.63, 3.8) is 0 Å². The summed E-state index contributed by atoms with van der Waals surface area (Å²) in [6, 6.07) is -0.653. The van der Waals surface area contributed by atoms with E-state index in [2.05, 4.69) is 5.32 Å². The van der Waals surface area contributed by atoms with Crippen LogP contribution in [0.15, 0.2) is 0 Å². The Morgan fingerprint density at radius 3 is 2.67 bits per heavy atom. The third-order valence-electron chi connectivity index (χ3n) is 1.39.